The largest absolute Gasteiger partial charge is 0.490 e. The maximum absolute atomic E-state index is 11.9. The molecule has 8 heteroatoms. The van der Waals surface area contributed by atoms with Crippen LogP contribution in [0.2, 0.25) is 0 Å². The fraction of sp³-hybridized carbons (Fsp3) is 0.105. The lowest BCUT2D eigenvalue weighted by atomic mass is 10.2. The Morgan fingerprint density at radius 1 is 1.11 bits per heavy atom. The number of benzene rings is 2. The number of rotatable bonds is 6. The summed E-state index contributed by atoms with van der Waals surface area (Å²) in [6, 6.07) is 11.8. The van der Waals surface area contributed by atoms with Crippen molar-refractivity contribution in [3.8, 4) is 17.2 Å². The number of ether oxygens (including phenoxy) is 3. The lowest BCUT2D eigenvalue weighted by Crippen LogP contribution is -2.32. The molecule has 138 valence electrons. The van der Waals surface area contributed by atoms with Crippen LogP contribution in [-0.4, -0.2) is 31.4 Å². The smallest absolute Gasteiger partial charge is 0.329 e. The van der Waals surface area contributed by atoms with Gasteiger partial charge in [0.25, 0.3) is 0 Å². The van der Waals surface area contributed by atoms with Gasteiger partial charge in [0.05, 0.1) is 6.21 Å². The molecule has 0 saturated heterocycles. The van der Waals surface area contributed by atoms with E-state index in [1.807, 2.05) is 0 Å². The molecule has 2 aromatic rings. The van der Waals surface area contributed by atoms with Crippen molar-refractivity contribution in [3.05, 3.63) is 60.7 Å². The summed E-state index contributed by atoms with van der Waals surface area (Å²) in [6.07, 6.45) is 3.03. The van der Waals surface area contributed by atoms with Crippen LogP contribution in [0.25, 0.3) is 0 Å². The molecule has 0 unspecified atom stereocenters. The highest BCUT2D eigenvalue weighted by molar-refractivity contribution is 6.39. The second kappa shape index (κ2) is 8.52. The van der Waals surface area contributed by atoms with Gasteiger partial charge in [0.1, 0.15) is 12.4 Å². The Bertz CT molecular complexity index is 877. The van der Waals surface area contributed by atoms with E-state index in [0.29, 0.717) is 35.1 Å². The average Bonchev–Trinajstić information content (AvgIpc) is 3.15. The molecule has 27 heavy (non-hydrogen) atoms. The molecule has 2 aromatic carbocycles. The molecule has 0 atom stereocenters. The van der Waals surface area contributed by atoms with Crippen LogP contribution in [0.15, 0.2) is 60.2 Å². The summed E-state index contributed by atoms with van der Waals surface area (Å²) in [4.78, 5) is 23.7. The zero-order chi connectivity index (χ0) is 19.1. The highest BCUT2D eigenvalue weighted by Gasteiger charge is 2.14. The molecule has 0 radical (unpaired) electrons. The lowest BCUT2D eigenvalue weighted by Gasteiger charge is -2.06. The van der Waals surface area contributed by atoms with Crippen LogP contribution in [0, 0.1) is 0 Å². The van der Waals surface area contributed by atoms with Crippen molar-refractivity contribution < 1.29 is 23.8 Å². The third kappa shape index (κ3) is 4.85. The fourth-order valence-electron chi connectivity index (χ4n) is 2.19. The van der Waals surface area contributed by atoms with E-state index in [1.165, 1.54) is 6.21 Å². The van der Waals surface area contributed by atoms with E-state index >= 15 is 0 Å². The zero-order valence-electron chi connectivity index (χ0n) is 14.3. The van der Waals surface area contributed by atoms with Crippen LogP contribution in [-0.2, 0) is 9.59 Å². The number of carbonyl (C=O) groups is 2. The first-order valence-corrected chi connectivity index (χ1v) is 8.03. The first-order valence-electron chi connectivity index (χ1n) is 8.03. The second-order valence-corrected chi connectivity index (χ2v) is 5.39. The molecule has 0 saturated carbocycles. The summed E-state index contributed by atoms with van der Waals surface area (Å²) in [6.45, 7) is 4.12. The molecular weight excluding hydrogens is 350 g/mol. The maximum Gasteiger partial charge on any atom is 0.329 e. The van der Waals surface area contributed by atoms with Gasteiger partial charge >= 0.3 is 11.8 Å². The Morgan fingerprint density at radius 3 is 2.67 bits per heavy atom. The van der Waals surface area contributed by atoms with E-state index in [-0.39, 0.29) is 6.79 Å². The number of hydrogen-bond acceptors (Lipinski definition) is 6. The normalized spacial score (nSPS) is 11.9. The SMILES string of the molecule is C=CCOc1ccc(NC(=O)C(=O)N/N=C\c2ccc3c(c2)OCO3)cc1. The monoisotopic (exact) mass is 367 g/mol. The van der Waals surface area contributed by atoms with Gasteiger partial charge in [-0.05, 0) is 48.0 Å². The van der Waals surface area contributed by atoms with E-state index in [2.05, 4.69) is 22.4 Å². The second-order valence-electron chi connectivity index (χ2n) is 5.39. The molecule has 0 spiro atoms. The quantitative estimate of drug-likeness (QED) is 0.352. The average molecular weight is 367 g/mol. The minimum atomic E-state index is -0.890. The van der Waals surface area contributed by atoms with Crippen molar-refractivity contribution in [2.75, 3.05) is 18.7 Å². The van der Waals surface area contributed by atoms with Crippen molar-refractivity contribution in [1.29, 1.82) is 0 Å². The zero-order valence-corrected chi connectivity index (χ0v) is 14.3. The Kier molecular flexibility index (Phi) is 5.68. The molecule has 2 amide bonds. The van der Waals surface area contributed by atoms with Crippen LogP contribution in [0.4, 0.5) is 5.69 Å². The van der Waals surface area contributed by atoms with Gasteiger partial charge < -0.3 is 19.5 Å². The predicted octanol–water partition coefficient (Wildman–Crippen LogP) is 2.07. The van der Waals surface area contributed by atoms with Crippen LogP contribution in [0.5, 0.6) is 17.2 Å². The Hall–Kier alpha value is -3.81. The molecule has 8 nitrogen and oxygen atoms in total. The van der Waals surface area contributed by atoms with Gasteiger partial charge in [-0.15, -0.1) is 0 Å². The first kappa shape index (κ1) is 18.0. The topological polar surface area (TPSA) is 98.2 Å². The van der Waals surface area contributed by atoms with Gasteiger partial charge in [-0.25, -0.2) is 5.43 Å². The van der Waals surface area contributed by atoms with E-state index in [9.17, 15) is 9.59 Å². The maximum atomic E-state index is 11.9. The summed E-state index contributed by atoms with van der Waals surface area (Å²) in [5.41, 5.74) is 3.32. The molecule has 1 aliphatic heterocycles. The van der Waals surface area contributed by atoms with Gasteiger partial charge in [0.15, 0.2) is 11.5 Å². The summed E-state index contributed by atoms with van der Waals surface area (Å²) < 4.78 is 15.8. The summed E-state index contributed by atoms with van der Waals surface area (Å²) in [5.74, 6) is 0.155. The molecule has 0 aliphatic carbocycles. The minimum absolute atomic E-state index is 0.175. The number of fused-ring (bicyclic) bond motifs is 1. The Labute approximate surface area is 155 Å². The van der Waals surface area contributed by atoms with E-state index < -0.39 is 11.8 Å². The first-order chi connectivity index (χ1) is 13.2. The van der Waals surface area contributed by atoms with Crippen molar-refractivity contribution in [1.82, 2.24) is 5.43 Å². The van der Waals surface area contributed by atoms with Gasteiger partial charge in [-0.1, -0.05) is 12.7 Å². The summed E-state index contributed by atoms with van der Waals surface area (Å²) >= 11 is 0. The van der Waals surface area contributed by atoms with Crippen LogP contribution in [0.1, 0.15) is 5.56 Å². The molecule has 0 fully saturated rings. The lowest BCUT2D eigenvalue weighted by molar-refractivity contribution is -0.136. The minimum Gasteiger partial charge on any atom is -0.490 e. The molecule has 2 N–H and O–H groups in total. The number of carbonyl (C=O) groups excluding carboxylic acids is 2. The molecule has 0 bridgehead atoms. The van der Waals surface area contributed by atoms with Gasteiger partial charge in [0.2, 0.25) is 6.79 Å². The van der Waals surface area contributed by atoms with E-state index in [1.54, 1.807) is 48.5 Å². The molecular formula is C19H17N3O5. The number of amides is 2. The fourth-order valence-corrected chi connectivity index (χ4v) is 2.19. The Morgan fingerprint density at radius 2 is 1.89 bits per heavy atom. The molecule has 1 aliphatic rings. The molecule has 3 rings (SSSR count). The van der Waals surface area contributed by atoms with Crippen LogP contribution >= 0.6 is 0 Å². The van der Waals surface area contributed by atoms with Gasteiger partial charge in [-0.3, -0.25) is 9.59 Å². The number of nitrogens with zero attached hydrogens (tertiary/aromatic N) is 1. The molecule has 0 aromatic heterocycles. The van der Waals surface area contributed by atoms with Crippen LogP contribution < -0.4 is 25.0 Å². The van der Waals surface area contributed by atoms with Crippen molar-refractivity contribution in [2.45, 2.75) is 0 Å². The van der Waals surface area contributed by atoms with Crippen molar-refractivity contribution in [2.24, 2.45) is 5.10 Å². The summed E-state index contributed by atoms with van der Waals surface area (Å²) in [7, 11) is 0. The van der Waals surface area contributed by atoms with Gasteiger partial charge in [-0.2, -0.15) is 5.10 Å². The molecule has 1 heterocycles. The number of nitrogens with one attached hydrogen (secondary N) is 2. The van der Waals surface area contributed by atoms with Gasteiger partial charge in [0, 0.05) is 5.69 Å². The van der Waals surface area contributed by atoms with E-state index in [4.69, 9.17) is 14.2 Å². The number of anilines is 1. The van der Waals surface area contributed by atoms with E-state index in [0.717, 1.165) is 0 Å². The van der Waals surface area contributed by atoms with Crippen molar-refractivity contribution >= 4 is 23.7 Å². The Balaban J connectivity index is 1.50. The number of hydrogen-bond donors (Lipinski definition) is 2. The highest BCUT2D eigenvalue weighted by atomic mass is 16.7. The van der Waals surface area contributed by atoms with Crippen LogP contribution in [0.3, 0.4) is 0 Å². The van der Waals surface area contributed by atoms with Crippen molar-refractivity contribution in [3.63, 3.8) is 0 Å². The summed E-state index contributed by atoms with van der Waals surface area (Å²) in [5, 5.41) is 6.24. The highest BCUT2D eigenvalue weighted by Crippen LogP contribution is 2.31. The number of hydrazone groups is 1. The third-order valence-electron chi connectivity index (χ3n) is 3.46. The third-order valence-corrected chi connectivity index (χ3v) is 3.46. The standard InChI is InChI=1S/C19H17N3O5/c1-2-9-25-15-6-4-14(5-7-15)21-18(23)19(24)22-20-11-13-3-8-16-17(10-13)27-12-26-16/h2-8,10-11H,1,9,12H2,(H,21,23)(H,22,24)/b20-11-. The predicted molar refractivity (Wildman–Crippen MR) is 99.1 cm³/mol.